The van der Waals surface area contributed by atoms with E-state index >= 15 is 0 Å². The Labute approximate surface area is 120 Å². The van der Waals surface area contributed by atoms with Gasteiger partial charge in [-0.15, -0.1) is 0 Å². The van der Waals surface area contributed by atoms with Crippen molar-refractivity contribution in [3.8, 4) is 0 Å². The van der Waals surface area contributed by atoms with Crippen LogP contribution >= 0.6 is 15.9 Å². The number of benzene rings is 1. The average Bonchev–Trinajstić information content (AvgIpc) is 2.76. The number of carbonyl (C=O) groups excluding carboxylic acids is 1. The molecule has 1 fully saturated rings. The summed E-state index contributed by atoms with van der Waals surface area (Å²) in [7, 11) is 2.05. The summed E-state index contributed by atoms with van der Waals surface area (Å²) in [5, 5.41) is 2.58. The predicted molar refractivity (Wildman–Crippen MR) is 74.7 cm³/mol. The van der Waals surface area contributed by atoms with Crippen molar-refractivity contribution in [2.45, 2.75) is 6.42 Å². The van der Waals surface area contributed by atoms with Crippen LogP contribution in [-0.2, 0) is 4.74 Å². The van der Waals surface area contributed by atoms with E-state index in [0.717, 1.165) is 19.5 Å². The van der Waals surface area contributed by atoms with Crippen LogP contribution in [-0.4, -0.2) is 37.7 Å². The Hall–Kier alpha value is -1.14. The summed E-state index contributed by atoms with van der Waals surface area (Å²) in [6.45, 7) is 2.40. The van der Waals surface area contributed by atoms with Gasteiger partial charge in [0.25, 0.3) is 0 Å². The highest BCUT2D eigenvalue weighted by Crippen LogP contribution is 2.23. The van der Waals surface area contributed by atoms with E-state index in [1.807, 2.05) is 0 Å². The number of carbonyl (C=O) groups is 1. The Morgan fingerprint density at radius 1 is 1.63 bits per heavy atom. The molecule has 19 heavy (non-hydrogen) atoms. The summed E-state index contributed by atoms with van der Waals surface area (Å²) in [6.07, 6.45) is 0.533. The molecule has 1 saturated heterocycles. The lowest BCUT2D eigenvalue weighted by Crippen LogP contribution is -2.21. The second kappa shape index (κ2) is 6.34. The molecule has 104 valence electrons. The summed E-state index contributed by atoms with van der Waals surface area (Å²) >= 11 is 3.18. The van der Waals surface area contributed by atoms with Gasteiger partial charge < -0.3 is 9.64 Å². The molecule has 0 spiro atoms. The van der Waals surface area contributed by atoms with Crippen LogP contribution in [0.25, 0.3) is 0 Å². The zero-order chi connectivity index (χ0) is 13.8. The molecule has 1 amide bonds. The highest BCUT2D eigenvalue weighted by atomic mass is 79.9. The minimum Gasteiger partial charge on any atom is -0.449 e. The predicted octanol–water partition coefficient (Wildman–Crippen LogP) is 3.09. The SMILES string of the molecule is CN1CC[C@H](COC(=O)Nc2ccc(F)cc2Br)C1. The number of hydrogen-bond acceptors (Lipinski definition) is 3. The first-order valence-electron chi connectivity index (χ1n) is 6.12. The van der Waals surface area contributed by atoms with Gasteiger partial charge in [0.1, 0.15) is 5.82 Å². The van der Waals surface area contributed by atoms with Crippen molar-refractivity contribution in [2.24, 2.45) is 5.92 Å². The van der Waals surface area contributed by atoms with Crippen LogP contribution in [0.3, 0.4) is 0 Å². The molecule has 6 heteroatoms. The molecule has 4 nitrogen and oxygen atoms in total. The average molecular weight is 331 g/mol. The summed E-state index contributed by atoms with van der Waals surface area (Å²) in [6, 6.07) is 4.07. The second-order valence-corrected chi connectivity index (χ2v) is 5.62. The molecule has 1 atom stereocenters. The van der Waals surface area contributed by atoms with E-state index in [4.69, 9.17) is 4.74 Å². The maximum absolute atomic E-state index is 12.9. The smallest absolute Gasteiger partial charge is 0.411 e. The fourth-order valence-corrected chi connectivity index (χ4v) is 2.54. The molecule has 0 radical (unpaired) electrons. The molecule has 0 aromatic heterocycles. The lowest BCUT2D eigenvalue weighted by molar-refractivity contribution is 0.142. The topological polar surface area (TPSA) is 41.6 Å². The molecule has 0 unspecified atom stereocenters. The minimum absolute atomic E-state index is 0.361. The van der Waals surface area contributed by atoms with Crippen molar-refractivity contribution in [1.29, 1.82) is 0 Å². The Kier molecular flexibility index (Phi) is 4.76. The quantitative estimate of drug-likeness (QED) is 0.925. The molecule has 1 N–H and O–H groups in total. The van der Waals surface area contributed by atoms with Crippen LogP contribution in [0.4, 0.5) is 14.9 Å². The summed E-state index contributed by atoms with van der Waals surface area (Å²) in [4.78, 5) is 13.8. The van der Waals surface area contributed by atoms with Crippen molar-refractivity contribution >= 4 is 27.7 Å². The fourth-order valence-electron chi connectivity index (χ4n) is 2.09. The van der Waals surface area contributed by atoms with E-state index in [1.165, 1.54) is 18.2 Å². The van der Waals surface area contributed by atoms with E-state index < -0.39 is 6.09 Å². The molecule has 1 aliphatic rings. The molecular formula is C13H16BrFN2O2. The number of hydrogen-bond donors (Lipinski definition) is 1. The van der Waals surface area contributed by atoms with E-state index in [1.54, 1.807) is 0 Å². The lowest BCUT2D eigenvalue weighted by atomic mass is 10.1. The maximum Gasteiger partial charge on any atom is 0.411 e. The van der Waals surface area contributed by atoms with Crippen molar-refractivity contribution in [2.75, 3.05) is 32.1 Å². The van der Waals surface area contributed by atoms with Crippen LogP contribution < -0.4 is 5.32 Å². The maximum atomic E-state index is 12.9. The zero-order valence-electron chi connectivity index (χ0n) is 10.7. The van der Waals surface area contributed by atoms with Crippen LogP contribution in [0.1, 0.15) is 6.42 Å². The summed E-state index contributed by atoms with van der Waals surface area (Å²) in [5.41, 5.74) is 0.495. The normalized spacial score (nSPS) is 19.4. The molecular weight excluding hydrogens is 315 g/mol. The van der Waals surface area contributed by atoms with Crippen molar-refractivity contribution in [3.63, 3.8) is 0 Å². The fraction of sp³-hybridized carbons (Fsp3) is 0.462. The van der Waals surface area contributed by atoms with Gasteiger partial charge in [-0.3, -0.25) is 5.32 Å². The number of nitrogens with zero attached hydrogens (tertiary/aromatic N) is 1. The Balaban J connectivity index is 1.81. The standard InChI is InChI=1S/C13H16BrFN2O2/c1-17-5-4-9(7-17)8-19-13(18)16-12-3-2-10(15)6-11(12)14/h2-3,6,9H,4-5,7-8H2,1H3,(H,16,18)/t9-/m0/s1. The zero-order valence-corrected chi connectivity index (χ0v) is 12.2. The Morgan fingerprint density at radius 3 is 3.05 bits per heavy atom. The Morgan fingerprint density at radius 2 is 2.42 bits per heavy atom. The van der Waals surface area contributed by atoms with Gasteiger partial charge in [0.05, 0.1) is 12.3 Å². The van der Waals surface area contributed by atoms with Crippen LogP contribution in [0, 0.1) is 11.7 Å². The van der Waals surface area contributed by atoms with E-state index in [9.17, 15) is 9.18 Å². The first-order valence-corrected chi connectivity index (χ1v) is 6.91. The molecule has 0 bridgehead atoms. The summed E-state index contributed by atoms with van der Waals surface area (Å²) in [5.74, 6) is 0.0344. The summed E-state index contributed by atoms with van der Waals surface area (Å²) < 4.78 is 18.6. The van der Waals surface area contributed by atoms with Gasteiger partial charge in [-0.05, 0) is 54.1 Å². The number of anilines is 1. The highest BCUT2D eigenvalue weighted by molar-refractivity contribution is 9.10. The monoisotopic (exact) mass is 330 g/mol. The molecule has 0 aliphatic carbocycles. The van der Waals surface area contributed by atoms with Gasteiger partial charge in [-0.1, -0.05) is 0 Å². The molecule has 2 rings (SSSR count). The molecule has 1 aliphatic heterocycles. The third-order valence-electron chi connectivity index (χ3n) is 3.11. The largest absolute Gasteiger partial charge is 0.449 e. The van der Waals surface area contributed by atoms with E-state index in [2.05, 4.69) is 33.2 Å². The lowest BCUT2D eigenvalue weighted by Gasteiger charge is -2.12. The number of halogens is 2. The van der Waals surface area contributed by atoms with Gasteiger partial charge in [-0.25, -0.2) is 9.18 Å². The third kappa shape index (κ3) is 4.18. The van der Waals surface area contributed by atoms with Gasteiger partial charge in [0.15, 0.2) is 0 Å². The first kappa shape index (κ1) is 14.3. The van der Waals surface area contributed by atoms with Crippen molar-refractivity contribution in [1.82, 2.24) is 4.90 Å². The molecule has 1 heterocycles. The van der Waals surface area contributed by atoms with Gasteiger partial charge in [0.2, 0.25) is 0 Å². The van der Waals surface area contributed by atoms with Crippen LogP contribution in [0.5, 0.6) is 0 Å². The number of nitrogens with one attached hydrogen (secondary N) is 1. The van der Waals surface area contributed by atoms with Crippen LogP contribution in [0.15, 0.2) is 22.7 Å². The minimum atomic E-state index is -0.512. The number of likely N-dealkylation sites (tertiary alicyclic amines) is 1. The number of amides is 1. The van der Waals surface area contributed by atoms with E-state index in [-0.39, 0.29) is 5.82 Å². The van der Waals surface area contributed by atoms with Gasteiger partial charge in [0, 0.05) is 16.9 Å². The molecule has 1 aromatic carbocycles. The number of ether oxygens (including phenoxy) is 1. The highest BCUT2D eigenvalue weighted by Gasteiger charge is 2.20. The molecule has 1 aromatic rings. The second-order valence-electron chi connectivity index (χ2n) is 4.76. The molecule has 0 saturated carbocycles. The van der Waals surface area contributed by atoms with Gasteiger partial charge >= 0.3 is 6.09 Å². The first-order chi connectivity index (χ1) is 9.04. The third-order valence-corrected chi connectivity index (χ3v) is 3.76. The van der Waals surface area contributed by atoms with Crippen molar-refractivity contribution in [3.05, 3.63) is 28.5 Å². The van der Waals surface area contributed by atoms with Gasteiger partial charge in [-0.2, -0.15) is 0 Å². The van der Waals surface area contributed by atoms with Crippen molar-refractivity contribution < 1.29 is 13.9 Å². The number of rotatable bonds is 3. The Bertz CT molecular complexity index is 470. The van der Waals surface area contributed by atoms with Crippen LogP contribution in [0.2, 0.25) is 0 Å². The van der Waals surface area contributed by atoms with E-state index in [0.29, 0.717) is 22.7 Å².